The van der Waals surface area contributed by atoms with Gasteiger partial charge in [-0.3, -0.25) is 9.59 Å². The summed E-state index contributed by atoms with van der Waals surface area (Å²) in [6.07, 6.45) is 3.21. The van der Waals surface area contributed by atoms with Crippen molar-refractivity contribution in [2.75, 3.05) is 13.1 Å². The molecule has 0 fully saturated rings. The number of hydrogen-bond acceptors (Lipinski definition) is 2. The molecule has 1 aromatic heterocycles. The number of hydrogen-bond donors (Lipinski definition) is 2. The molecule has 0 saturated carbocycles. The lowest BCUT2D eigenvalue weighted by Crippen LogP contribution is -2.29. The Bertz CT molecular complexity index is 619. The number of nitrogens with one attached hydrogen (secondary N) is 2. The summed E-state index contributed by atoms with van der Waals surface area (Å²) in [6.45, 7) is 3.34. The Balaban J connectivity index is 1.70. The Morgan fingerprint density at radius 2 is 1.86 bits per heavy atom. The van der Waals surface area contributed by atoms with Crippen molar-refractivity contribution in [1.29, 1.82) is 0 Å². The van der Waals surface area contributed by atoms with Crippen molar-refractivity contribution in [3.05, 3.63) is 36.5 Å². The Kier molecular flexibility index (Phi) is 5.37. The lowest BCUT2D eigenvalue weighted by Gasteiger charge is -2.07. The molecule has 0 aliphatic heterocycles. The molecule has 0 saturated heterocycles. The summed E-state index contributed by atoms with van der Waals surface area (Å²) < 4.78 is 2.09. The highest BCUT2D eigenvalue weighted by molar-refractivity contribution is 5.80. The fourth-order valence-electron chi connectivity index (χ4n) is 2.23. The topological polar surface area (TPSA) is 63.1 Å². The number of nitrogens with zero attached hydrogens (tertiary/aromatic N) is 1. The van der Waals surface area contributed by atoms with Gasteiger partial charge in [0.15, 0.2) is 0 Å². The minimum atomic E-state index is -0.0409. The van der Waals surface area contributed by atoms with Crippen molar-refractivity contribution >= 4 is 22.7 Å². The van der Waals surface area contributed by atoms with E-state index in [0.29, 0.717) is 26.1 Å². The van der Waals surface area contributed by atoms with Gasteiger partial charge in [0, 0.05) is 44.7 Å². The summed E-state index contributed by atoms with van der Waals surface area (Å²) in [5.41, 5.74) is 1.15. The van der Waals surface area contributed by atoms with Crippen LogP contribution in [0.25, 0.3) is 10.9 Å². The van der Waals surface area contributed by atoms with E-state index in [1.165, 1.54) is 12.3 Å². The molecular formula is C16H21N3O2. The van der Waals surface area contributed by atoms with Crippen molar-refractivity contribution in [2.45, 2.75) is 26.3 Å². The lowest BCUT2D eigenvalue weighted by atomic mass is 10.2. The first-order valence-corrected chi connectivity index (χ1v) is 7.22. The van der Waals surface area contributed by atoms with Crippen molar-refractivity contribution in [2.24, 2.45) is 0 Å². The van der Waals surface area contributed by atoms with Crippen LogP contribution in [0.2, 0.25) is 0 Å². The van der Waals surface area contributed by atoms with Crippen LogP contribution in [0.15, 0.2) is 36.5 Å². The van der Waals surface area contributed by atoms with Crippen LogP contribution < -0.4 is 10.6 Å². The number of aromatic nitrogens is 1. The van der Waals surface area contributed by atoms with Crippen LogP contribution in [0.1, 0.15) is 19.8 Å². The summed E-state index contributed by atoms with van der Waals surface area (Å²) in [7, 11) is 0. The molecule has 0 unspecified atom stereocenters. The fraction of sp³-hybridized carbons (Fsp3) is 0.375. The molecule has 2 amide bonds. The molecule has 0 bridgehead atoms. The summed E-state index contributed by atoms with van der Waals surface area (Å²) >= 11 is 0. The van der Waals surface area contributed by atoms with Gasteiger partial charge in [-0.2, -0.15) is 0 Å². The maximum absolute atomic E-state index is 11.8. The molecule has 1 heterocycles. The zero-order chi connectivity index (χ0) is 15.1. The Morgan fingerprint density at radius 1 is 1.10 bits per heavy atom. The van der Waals surface area contributed by atoms with Gasteiger partial charge in [-0.05, 0) is 23.9 Å². The van der Waals surface area contributed by atoms with E-state index in [9.17, 15) is 9.59 Å². The van der Waals surface area contributed by atoms with Crippen molar-refractivity contribution in [3.8, 4) is 0 Å². The Morgan fingerprint density at radius 3 is 2.67 bits per heavy atom. The van der Waals surface area contributed by atoms with Crippen molar-refractivity contribution < 1.29 is 9.59 Å². The second-order valence-electron chi connectivity index (χ2n) is 5.00. The molecule has 2 rings (SSSR count). The molecule has 0 atom stereocenters. The average molecular weight is 287 g/mol. The zero-order valence-electron chi connectivity index (χ0n) is 12.3. The third-order valence-electron chi connectivity index (χ3n) is 3.31. The maximum Gasteiger partial charge on any atom is 0.221 e. The Hall–Kier alpha value is -2.30. The number of amides is 2. The van der Waals surface area contributed by atoms with Gasteiger partial charge in [-0.25, -0.2) is 0 Å². The molecule has 5 nitrogen and oxygen atoms in total. The molecule has 0 aliphatic rings. The third-order valence-corrected chi connectivity index (χ3v) is 3.31. The van der Waals surface area contributed by atoms with E-state index in [1.54, 1.807) is 0 Å². The maximum atomic E-state index is 11.8. The quantitative estimate of drug-likeness (QED) is 0.761. The van der Waals surface area contributed by atoms with Gasteiger partial charge < -0.3 is 15.2 Å². The molecule has 21 heavy (non-hydrogen) atoms. The molecular weight excluding hydrogens is 266 g/mol. The van der Waals surface area contributed by atoms with Crippen LogP contribution >= 0.6 is 0 Å². The van der Waals surface area contributed by atoms with Gasteiger partial charge in [0.2, 0.25) is 11.8 Å². The average Bonchev–Trinajstić information content (AvgIpc) is 2.87. The second-order valence-corrected chi connectivity index (χ2v) is 5.00. The normalized spacial score (nSPS) is 10.5. The van der Waals surface area contributed by atoms with Crippen LogP contribution in [0.3, 0.4) is 0 Å². The van der Waals surface area contributed by atoms with E-state index in [4.69, 9.17) is 0 Å². The Labute approximate surface area is 124 Å². The van der Waals surface area contributed by atoms with Gasteiger partial charge in [-0.15, -0.1) is 0 Å². The summed E-state index contributed by atoms with van der Waals surface area (Å²) in [6, 6.07) is 10.2. The standard InChI is InChI=1S/C16H21N3O2/c1-13(20)17-9-4-10-18-16(21)8-12-19-11-7-14-5-2-3-6-15(14)19/h2-3,5-7,11H,4,8-10,12H2,1H3,(H,17,20)(H,18,21). The first-order chi connectivity index (χ1) is 10.2. The minimum Gasteiger partial charge on any atom is -0.356 e. The molecule has 2 aromatic rings. The minimum absolute atomic E-state index is 0.0376. The number of carbonyl (C=O) groups is 2. The first-order valence-electron chi connectivity index (χ1n) is 7.22. The summed E-state index contributed by atoms with van der Waals surface area (Å²) in [5.74, 6) is -0.00332. The van der Waals surface area contributed by atoms with Gasteiger partial charge in [0.05, 0.1) is 0 Å². The largest absolute Gasteiger partial charge is 0.356 e. The predicted octanol–water partition coefficient (Wildman–Crippen LogP) is 1.67. The van der Waals surface area contributed by atoms with Gasteiger partial charge in [0.1, 0.15) is 0 Å². The first kappa shape index (κ1) is 15.1. The molecule has 0 spiro atoms. The summed E-state index contributed by atoms with van der Waals surface area (Å²) in [5, 5.41) is 6.75. The van der Waals surface area contributed by atoms with Gasteiger partial charge in [-0.1, -0.05) is 18.2 Å². The van der Waals surface area contributed by atoms with Crippen LogP contribution in [-0.2, 0) is 16.1 Å². The highest BCUT2D eigenvalue weighted by Gasteiger charge is 2.04. The van der Waals surface area contributed by atoms with E-state index < -0.39 is 0 Å². The molecule has 2 N–H and O–H groups in total. The van der Waals surface area contributed by atoms with E-state index in [1.807, 2.05) is 18.3 Å². The predicted molar refractivity (Wildman–Crippen MR) is 82.9 cm³/mol. The fourth-order valence-corrected chi connectivity index (χ4v) is 2.23. The number of rotatable bonds is 7. The van der Waals surface area contributed by atoms with E-state index >= 15 is 0 Å². The molecule has 1 aromatic carbocycles. The highest BCUT2D eigenvalue weighted by atomic mass is 16.2. The highest BCUT2D eigenvalue weighted by Crippen LogP contribution is 2.15. The number of fused-ring (bicyclic) bond motifs is 1. The number of benzene rings is 1. The zero-order valence-corrected chi connectivity index (χ0v) is 12.3. The van der Waals surface area contributed by atoms with Crippen LogP contribution in [0.4, 0.5) is 0 Å². The van der Waals surface area contributed by atoms with Crippen LogP contribution in [0.5, 0.6) is 0 Å². The lowest BCUT2D eigenvalue weighted by molar-refractivity contribution is -0.121. The number of para-hydroxylation sites is 1. The number of carbonyl (C=O) groups excluding carboxylic acids is 2. The van der Waals surface area contributed by atoms with E-state index in [0.717, 1.165) is 11.9 Å². The van der Waals surface area contributed by atoms with Crippen LogP contribution in [-0.4, -0.2) is 29.5 Å². The second kappa shape index (κ2) is 7.47. The molecule has 5 heteroatoms. The summed E-state index contributed by atoms with van der Waals surface area (Å²) in [4.78, 5) is 22.4. The van der Waals surface area contributed by atoms with E-state index in [-0.39, 0.29) is 11.8 Å². The van der Waals surface area contributed by atoms with Gasteiger partial charge >= 0.3 is 0 Å². The SMILES string of the molecule is CC(=O)NCCCNC(=O)CCn1ccc2ccccc21. The van der Waals surface area contributed by atoms with Crippen molar-refractivity contribution in [1.82, 2.24) is 15.2 Å². The van der Waals surface area contributed by atoms with E-state index in [2.05, 4.69) is 33.4 Å². The molecule has 0 aliphatic carbocycles. The smallest absolute Gasteiger partial charge is 0.221 e. The van der Waals surface area contributed by atoms with Crippen LogP contribution in [0, 0.1) is 0 Å². The monoisotopic (exact) mass is 287 g/mol. The molecule has 0 radical (unpaired) electrons. The van der Waals surface area contributed by atoms with Crippen molar-refractivity contribution in [3.63, 3.8) is 0 Å². The van der Waals surface area contributed by atoms with Gasteiger partial charge in [0.25, 0.3) is 0 Å². The number of aryl methyl sites for hydroxylation is 1. The third kappa shape index (κ3) is 4.63. The molecule has 112 valence electrons.